The van der Waals surface area contributed by atoms with Gasteiger partial charge in [-0.15, -0.1) is 5.10 Å². The molecule has 0 aromatic carbocycles. The molecule has 104 valence electrons. The van der Waals surface area contributed by atoms with E-state index in [1.54, 1.807) is 11.6 Å². The van der Waals surface area contributed by atoms with Gasteiger partial charge in [0.2, 0.25) is 0 Å². The first-order valence-corrected chi connectivity index (χ1v) is 5.98. The molecule has 0 aliphatic rings. The van der Waals surface area contributed by atoms with Crippen molar-refractivity contribution < 1.29 is 25.8 Å². The van der Waals surface area contributed by atoms with Crippen LogP contribution in [0.25, 0.3) is 0 Å². The Kier molecular flexibility index (Phi) is 11.9. The van der Waals surface area contributed by atoms with E-state index in [0.29, 0.717) is 18.6 Å². The summed E-state index contributed by atoms with van der Waals surface area (Å²) in [5.41, 5.74) is 1.19. The van der Waals surface area contributed by atoms with Gasteiger partial charge >= 0.3 is 21.1 Å². The Morgan fingerprint density at radius 1 is 1.33 bits per heavy atom. The summed E-state index contributed by atoms with van der Waals surface area (Å²) in [6.07, 6.45) is 2.92. The minimum atomic E-state index is 0. The zero-order chi connectivity index (χ0) is 13.3. The summed E-state index contributed by atoms with van der Waals surface area (Å²) in [5, 5.41) is 7.86. The molecule has 0 atom stereocenters. The van der Waals surface area contributed by atoms with Crippen molar-refractivity contribution in [2.75, 3.05) is 6.61 Å². The van der Waals surface area contributed by atoms with Crippen molar-refractivity contribution in [1.82, 2.24) is 15.0 Å². The summed E-state index contributed by atoms with van der Waals surface area (Å²) in [7, 11) is 0. The predicted molar refractivity (Wildman–Crippen MR) is 70.1 cm³/mol. The topological polar surface area (TPSA) is 39.9 Å². The van der Waals surface area contributed by atoms with Crippen LogP contribution < -0.4 is 0 Å². The van der Waals surface area contributed by atoms with E-state index in [9.17, 15) is 0 Å². The van der Waals surface area contributed by atoms with E-state index in [1.165, 1.54) is 0 Å². The molecule has 0 amide bonds. The van der Waals surface area contributed by atoms with Gasteiger partial charge in [-0.3, -0.25) is 4.68 Å². The van der Waals surface area contributed by atoms with Crippen LogP contribution in [-0.4, -0.2) is 21.6 Å². The van der Waals surface area contributed by atoms with Gasteiger partial charge in [0.15, 0.2) is 0 Å². The molecule has 5 heteroatoms. The number of rotatable bonds is 5. The minimum absolute atomic E-state index is 0. The van der Waals surface area contributed by atoms with Crippen molar-refractivity contribution in [1.29, 1.82) is 0 Å². The van der Waals surface area contributed by atoms with E-state index in [0.717, 1.165) is 18.7 Å². The molecule has 1 rings (SSSR count). The maximum atomic E-state index is 5.52. The van der Waals surface area contributed by atoms with Crippen LogP contribution in [0.15, 0.2) is 6.20 Å². The van der Waals surface area contributed by atoms with Crippen LogP contribution in [0, 0.1) is 19.3 Å². The number of nitrogens with zero attached hydrogens (tertiary/aromatic N) is 3. The van der Waals surface area contributed by atoms with Crippen molar-refractivity contribution in [3.63, 3.8) is 0 Å². The summed E-state index contributed by atoms with van der Waals surface area (Å²) in [5.74, 6) is 0. The quantitative estimate of drug-likeness (QED) is 0.541. The van der Waals surface area contributed by atoms with Crippen molar-refractivity contribution in [2.24, 2.45) is 5.41 Å². The van der Waals surface area contributed by atoms with Gasteiger partial charge in [-0.1, -0.05) is 32.5 Å². The van der Waals surface area contributed by atoms with E-state index in [4.69, 9.17) is 4.74 Å². The van der Waals surface area contributed by atoms with Gasteiger partial charge < -0.3 is 18.6 Å². The molecule has 0 bridgehead atoms. The first-order valence-electron chi connectivity index (χ1n) is 5.98. The fourth-order valence-electron chi connectivity index (χ4n) is 1.07. The largest absolute Gasteiger partial charge is 2.00 e. The maximum absolute atomic E-state index is 5.52. The predicted octanol–water partition coefficient (Wildman–Crippen LogP) is 2.90. The fraction of sp³-hybridized carbons (Fsp3) is 0.692. The Bertz CT molecular complexity index is 295. The zero-order valence-electron chi connectivity index (χ0n) is 12.0. The second kappa shape index (κ2) is 10.7. The van der Waals surface area contributed by atoms with Crippen molar-refractivity contribution in [3.05, 3.63) is 25.7 Å². The molecule has 0 N–H and O–H groups in total. The molecule has 0 spiro atoms. The molecule has 0 aliphatic heterocycles. The summed E-state index contributed by atoms with van der Waals surface area (Å²) >= 11 is 0. The van der Waals surface area contributed by atoms with E-state index >= 15 is 0 Å². The van der Waals surface area contributed by atoms with Crippen molar-refractivity contribution in [3.8, 4) is 0 Å². The number of hydrogen-bond donors (Lipinski definition) is 0. The van der Waals surface area contributed by atoms with Crippen molar-refractivity contribution >= 4 is 0 Å². The molecule has 0 saturated heterocycles. The molecule has 18 heavy (non-hydrogen) atoms. The monoisotopic (exact) mass is 423 g/mol. The van der Waals surface area contributed by atoms with E-state index < -0.39 is 0 Å². The van der Waals surface area contributed by atoms with Gasteiger partial charge in [-0.25, -0.2) is 0 Å². The molecule has 0 fully saturated rings. The number of aromatic nitrogens is 3. The fourth-order valence-corrected chi connectivity index (χ4v) is 1.07. The molecule has 0 aliphatic carbocycles. The Morgan fingerprint density at radius 3 is 2.39 bits per heavy atom. The Hall–Kier alpha value is -0.212. The molecule has 1 heterocycles. The molecule has 1 aromatic rings. The second-order valence-corrected chi connectivity index (χ2v) is 4.84. The Labute approximate surface area is 126 Å². The number of hydrogen-bond acceptors (Lipinski definition) is 3. The minimum Gasteiger partial charge on any atom is -0.375 e. The average Bonchev–Trinajstić information content (AvgIpc) is 2.74. The molecule has 4 nitrogen and oxygen atoms in total. The molecular formula is C13H25N3OW. The summed E-state index contributed by atoms with van der Waals surface area (Å²) < 4.78 is 7.21. The second-order valence-electron chi connectivity index (χ2n) is 4.84. The summed E-state index contributed by atoms with van der Waals surface area (Å²) in [4.78, 5) is 0. The summed E-state index contributed by atoms with van der Waals surface area (Å²) in [6.45, 7) is 17.2. The van der Waals surface area contributed by atoms with Crippen LogP contribution in [0.4, 0.5) is 0 Å². The molecule has 1 aromatic heterocycles. The SMILES string of the molecule is [CH2-]C.[CH2-]Cn1cc(COCCC(C)(C)C)nn1.[W+2]. The van der Waals surface area contributed by atoms with E-state index in [-0.39, 0.29) is 21.1 Å². The molecule has 0 radical (unpaired) electrons. The van der Waals surface area contributed by atoms with Crippen LogP contribution in [0.1, 0.15) is 39.8 Å². The van der Waals surface area contributed by atoms with Crippen molar-refractivity contribution in [2.45, 2.75) is 47.3 Å². The first-order chi connectivity index (χ1) is 8.01. The van der Waals surface area contributed by atoms with Gasteiger partial charge in [-0.2, -0.15) is 6.92 Å². The summed E-state index contributed by atoms with van der Waals surface area (Å²) in [6, 6.07) is 0. The van der Waals surface area contributed by atoms with Gasteiger partial charge in [-0.05, 0) is 11.8 Å². The number of ether oxygens (including phenoxy) is 1. The van der Waals surface area contributed by atoms with Crippen LogP contribution >= 0.6 is 0 Å². The standard InChI is InChI=1S/C11H20N3O.C2H5.W/c1-5-14-8-10(12-13-14)9-15-7-6-11(2,3)4;1-2;/h8H,1,5-7,9H2,2-4H3;1H2,2H3;/q2*-1;+2. The van der Waals surface area contributed by atoms with Gasteiger partial charge in [0.1, 0.15) is 5.69 Å². The van der Waals surface area contributed by atoms with Crippen LogP contribution in [0.3, 0.4) is 0 Å². The third-order valence-electron chi connectivity index (χ3n) is 2.06. The Balaban J connectivity index is 0. The van der Waals surface area contributed by atoms with Crippen LogP contribution in [-0.2, 0) is 39.0 Å². The third kappa shape index (κ3) is 9.78. The molecule has 0 unspecified atom stereocenters. The smallest absolute Gasteiger partial charge is 0.375 e. The zero-order valence-corrected chi connectivity index (χ0v) is 14.9. The third-order valence-corrected chi connectivity index (χ3v) is 2.06. The Morgan fingerprint density at radius 2 is 1.94 bits per heavy atom. The average molecular weight is 423 g/mol. The normalized spacial score (nSPS) is 10.3. The van der Waals surface area contributed by atoms with Gasteiger partial charge in [0.25, 0.3) is 0 Å². The van der Waals surface area contributed by atoms with Gasteiger partial charge in [0, 0.05) is 12.8 Å². The maximum Gasteiger partial charge on any atom is 2.00 e. The van der Waals surface area contributed by atoms with Crippen LogP contribution in [0.5, 0.6) is 0 Å². The van der Waals surface area contributed by atoms with E-state index in [2.05, 4.69) is 44.9 Å². The van der Waals surface area contributed by atoms with Crippen LogP contribution in [0.2, 0.25) is 0 Å². The molecule has 0 saturated carbocycles. The first kappa shape index (κ1) is 20.1. The van der Waals surface area contributed by atoms with E-state index in [1.807, 2.05) is 6.20 Å². The molecular weight excluding hydrogens is 398 g/mol. The van der Waals surface area contributed by atoms with Gasteiger partial charge in [0.05, 0.1) is 6.61 Å².